The number of ether oxygens (including phenoxy) is 1. The summed E-state index contributed by atoms with van der Waals surface area (Å²) in [6.45, 7) is 7.45. The fourth-order valence-corrected chi connectivity index (χ4v) is 6.42. The van der Waals surface area contributed by atoms with Crippen LogP contribution < -0.4 is 4.74 Å². The van der Waals surface area contributed by atoms with Crippen molar-refractivity contribution in [2.45, 2.75) is 57.1 Å². The van der Waals surface area contributed by atoms with Crippen molar-refractivity contribution >= 4 is 21.6 Å². The Labute approximate surface area is 197 Å². The van der Waals surface area contributed by atoms with Gasteiger partial charge in [0.15, 0.2) is 0 Å². The molecule has 0 amide bonds. The number of sulfonamides is 1. The zero-order valence-electron chi connectivity index (χ0n) is 19.2. The van der Waals surface area contributed by atoms with E-state index in [0.29, 0.717) is 17.4 Å². The Morgan fingerprint density at radius 2 is 1.81 bits per heavy atom. The Morgan fingerprint density at radius 3 is 2.50 bits per heavy atom. The maximum atomic E-state index is 13.0. The average Bonchev–Trinajstić information content (AvgIpc) is 3.23. The largest absolute Gasteiger partial charge is 0.490 e. The average molecular weight is 477 g/mol. The van der Waals surface area contributed by atoms with Crippen LogP contribution in [-0.2, 0) is 16.6 Å². The Hall–Kier alpha value is -1.60. The first kappa shape index (κ1) is 23.6. The number of nitrogens with zero attached hydrogens (tertiary/aromatic N) is 2. The van der Waals surface area contributed by atoms with E-state index in [9.17, 15) is 8.42 Å². The summed E-state index contributed by atoms with van der Waals surface area (Å²) < 4.78 is 33.6. The predicted octanol–water partition coefficient (Wildman–Crippen LogP) is 5.03. The third-order valence-electron chi connectivity index (χ3n) is 6.66. The molecule has 1 aliphatic carbocycles. The van der Waals surface area contributed by atoms with Gasteiger partial charge in [-0.15, -0.1) is 0 Å². The number of rotatable bonds is 8. The molecule has 1 aliphatic heterocycles. The highest BCUT2D eigenvalue weighted by Crippen LogP contribution is 2.34. The molecule has 0 bridgehead atoms. The van der Waals surface area contributed by atoms with E-state index < -0.39 is 10.0 Å². The lowest BCUT2D eigenvalue weighted by Gasteiger charge is -2.37. The maximum absolute atomic E-state index is 13.0. The van der Waals surface area contributed by atoms with Crippen molar-refractivity contribution in [1.82, 2.24) is 9.21 Å². The summed E-state index contributed by atoms with van der Waals surface area (Å²) in [5.74, 6) is 1.09. The van der Waals surface area contributed by atoms with Crippen molar-refractivity contribution < 1.29 is 13.2 Å². The van der Waals surface area contributed by atoms with Crippen molar-refractivity contribution in [1.29, 1.82) is 0 Å². The normalized spacial score (nSPS) is 21.7. The monoisotopic (exact) mass is 476 g/mol. The van der Waals surface area contributed by atoms with Crippen molar-refractivity contribution in [3.63, 3.8) is 0 Å². The topological polar surface area (TPSA) is 49.9 Å². The van der Waals surface area contributed by atoms with Crippen LogP contribution in [0.5, 0.6) is 5.75 Å². The molecule has 4 rings (SSSR count). The summed E-state index contributed by atoms with van der Waals surface area (Å²) in [5, 5.41) is 0.754. The molecule has 32 heavy (non-hydrogen) atoms. The third kappa shape index (κ3) is 5.30. The van der Waals surface area contributed by atoms with E-state index in [0.717, 1.165) is 59.9 Å². The van der Waals surface area contributed by atoms with Gasteiger partial charge in [-0.1, -0.05) is 29.8 Å². The molecule has 0 aromatic heterocycles. The first-order chi connectivity index (χ1) is 15.2. The number of likely N-dealkylation sites (tertiary alicyclic amines) is 1. The summed E-state index contributed by atoms with van der Waals surface area (Å²) in [4.78, 5) is 2.83. The van der Waals surface area contributed by atoms with Crippen LogP contribution >= 0.6 is 11.6 Å². The lowest BCUT2D eigenvalue weighted by atomic mass is 9.82. The molecular formula is C25H33ClN2O3S. The van der Waals surface area contributed by atoms with E-state index in [-0.39, 0.29) is 6.10 Å². The first-order valence-electron chi connectivity index (χ1n) is 11.4. The second-order valence-electron chi connectivity index (χ2n) is 9.37. The molecule has 1 heterocycles. The van der Waals surface area contributed by atoms with Gasteiger partial charge in [0, 0.05) is 25.2 Å². The van der Waals surface area contributed by atoms with Crippen LogP contribution in [0.4, 0.5) is 0 Å². The molecule has 2 aromatic carbocycles. The molecule has 174 valence electrons. The second-order valence-corrected chi connectivity index (χ2v) is 11.8. The predicted molar refractivity (Wildman–Crippen MR) is 129 cm³/mol. The molecule has 0 N–H and O–H groups in total. The highest BCUT2D eigenvalue weighted by atomic mass is 35.5. The second kappa shape index (κ2) is 9.72. The maximum Gasteiger partial charge on any atom is 0.243 e. The molecule has 2 aromatic rings. The quantitative estimate of drug-likeness (QED) is 0.536. The van der Waals surface area contributed by atoms with Crippen LogP contribution in [-0.4, -0.2) is 50.4 Å². The third-order valence-corrected chi connectivity index (χ3v) is 8.98. The zero-order chi connectivity index (χ0) is 22.9. The van der Waals surface area contributed by atoms with Gasteiger partial charge >= 0.3 is 0 Å². The Morgan fingerprint density at radius 1 is 1.09 bits per heavy atom. The van der Waals surface area contributed by atoms with E-state index >= 15 is 0 Å². The van der Waals surface area contributed by atoms with Crippen molar-refractivity contribution in [2.75, 3.05) is 26.7 Å². The van der Waals surface area contributed by atoms with E-state index in [1.807, 2.05) is 38.1 Å². The minimum absolute atomic E-state index is 0.109. The van der Waals surface area contributed by atoms with Crippen molar-refractivity contribution in [3.05, 3.63) is 58.1 Å². The number of halogens is 1. The van der Waals surface area contributed by atoms with Gasteiger partial charge in [0.2, 0.25) is 10.0 Å². The van der Waals surface area contributed by atoms with Crippen LogP contribution in [0.3, 0.4) is 0 Å². The molecule has 0 unspecified atom stereocenters. The summed E-state index contributed by atoms with van der Waals surface area (Å²) in [6.07, 6.45) is 4.34. The number of hydrogen-bond donors (Lipinski definition) is 0. The van der Waals surface area contributed by atoms with Crippen LogP contribution in [0.1, 0.15) is 42.4 Å². The Balaban J connectivity index is 1.29. The molecule has 1 saturated heterocycles. The molecule has 0 radical (unpaired) electrons. The minimum atomic E-state index is -3.49. The van der Waals surface area contributed by atoms with E-state index in [1.54, 1.807) is 13.1 Å². The summed E-state index contributed by atoms with van der Waals surface area (Å²) in [6, 6.07) is 11.5. The lowest BCUT2D eigenvalue weighted by molar-refractivity contribution is 0.0575. The summed E-state index contributed by atoms with van der Waals surface area (Å²) in [5.41, 5.74) is 2.87. The van der Waals surface area contributed by atoms with Crippen molar-refractivity contribution in [3.8, 4) is 5.75 Å². The van der Waals surface area contributed by atoms with E-state index in [2.05, 4.69) is 11.0 Å². The summed E-state index contributed by atoms with van der Waals surface area (Å²) >= 11 is 6.50. The van der Waals surface area contributed by atoms with Gasteiger partial charge in [-0.05, 0) is 93.4 Å². The SMILES string of the molecule is Cc1ccc(C)c(S(=O)(=O)N(C)CC2CC(Oc3ccc(CN4CCCC4)c(Cl)c3)C2)c1. The van der Waals surface area contributed by atoms with Crippen LogP contribution in [0, 0.1) is 19.8 Å². The number of benzene rings is 2. The van der Waals surface area contributed by atoms with Gasteiger partial charge in [-0.3, -0.25) is 4.90 Å². The lowest BCUT2D eigenvalue weighted by Crippen LogP contribution is -2.42. The first-order valence-corrected chi connectivity index (χ1v) is 13.2. The number of hydrogen-bond acceptors (Lipinski definition) is 4. The molecule has 0 spiro atoms. The molecule has 7 heteroatoms. The Bertz CT molecular complexity index is 1060. The van der Waals surface area contributed by atoms with E-state index in [1.165, 1.54) is 17.1 Å². The zero-order valence-corrected chi connectivity index (χ0v) is 20.8. The molecule has 2 fully saturated rings. The molecule has 0 atom stereocenters. The van der Waals surface area contributed by atoms with E-state index in [4.69, 9.17) is 16.3 Å². The molecule has 1 saturated carbocycles. The Kier molecular flexibility index (Phi) is 7.15. The van der Waals surface area contributed by atoms with Crippen molar-refractivity contribution in [2.24, 2.45) is 5.92 Å². The van der Waals surface area contributed by atoms with Gasteiger partial charge in [-0.25, -0.2) is 12.7 Å². The summed E-state index contributed by atoms with van der Waals surface area (Å²) in [7, 11) is -1.82. The van der Waals surface area contributed by atoms with Crippen LogP contribution in [0.2, 0.25) is 5.02 Å². The van der Waals surface area contributed by atoms with Gasteiger partial charge in [0.1, 0.15) is 5.75 Å². The molecule has 5 nitrogen and oxygen atoms in total. The smallest absolute Gasteiger partial charge is 0.243 e. The molecular weight excluding hydrogens is 444 g/mol. The van der Waals surface area contributed by atoms with Gasteiger partial charge in [0.05, 0.1) is 11.0 Å². The van der Waals surface area contributed by atoms with Gasteiger partial charge in [0.25, 0.3) is 0 Å². The molecule has 2 aliphatic rings. The van der Waals surface area contributed by atoms with Gasteiger partial charge in [-0.2, -0.15) is 0 Å². The standard InChI is InChI=1S/C25H33ClN2O3S/c1-18-6-7-19(2)25(12-18)32(29,30)27(3)16-20-13-23(14-20)31-22-9-8-21(24(26)15-22)17-28-10-4-5-11-28/h6-9,12,15,20,23H,4-5,10-11,13-14,16-17H2,1-3H3. The van der Waals surface area contributed by atoms with Crippen LogP contribution in [0.15, 0.2) is 41.3 Å². The minimum Gasteiger partial charge on any atom is -0.490 e. The fourth-order valence-electron chi connectivity index (χ4n) is 4.64. The highest BCUT2D eigenvalue weighted by Gasteiger charge is 2.34. The van der Waals surface area contributed by atoms with Crippen LogP contribution in [0.25, 0.3) is 0 Å². The fraction of sp³-hybridized carbons (Fsp3) is 0.520. The van der Waals surface area contributed by atoms with Gasteiger partial charge < -0.3 is 4.74 Å². The highest BCUT2D eigenvalue weighted by molar-refractivity contribution is 7.89. The number of aryl methyl sites for hydroxylation is 2.